The highest BCUT2D eigenvalue weighted by Gasteiger charge is 2.08. The van der Waals surface area contributed by atoms with Crippen LogP contribution >= 0.6 is 15.9 Å². The lowest BCUT2D eigenvalue weighted by molar-refractivity contribution is 0.350. The van der Waals surface area contributed by atoms with Crippen molar-refractivity contribution in [1.29, 1.82) is 0 Å². The van der Waals surface area contributed by atoms with Crippen LogP contribution in [0, 0.1) is 6.92 Å². The Morgan fingerprint density at radius 3 is 2.79 bits per heavy atom. The van der Waals surface area contributed by atoms with E-state index in [-0.39, 0.29) is 5.56 Å². The summed E-state index contributed by atoms with van der Waals surface area (Å²) in [6.07, 6.45) is 0. The molecule has 1 heterocycles. The fraction of sp³-hybridized carbons (Fsp3) is 0.231. The van der Waals surface area contributed by atoms with Crippen molar-refractivity contribution < 1.29 is 4.74 Å². The first-order valence-corrected chi connectivity index (χ1v) is 6.47. The smallest absolute Gasteiger partial charge is 0.299 e. The molecule has 0 spiro atoms. The van der Waals surface area contributed by atoms with Crippen molar-refractivity contribution in [2.24, 2.45) is 0 Å². The lowest BCUT2D eigenvalue weighted by Crippen LogP contribution is -2.23. The molecule has 5 nitrogen and oxygen atoms in total. The van der Waals surface area contributed by atoms with E-state index in [0.29, 0.717) is 23.9 Å². The number of benzene rings is 1. The second kappa shape index (κ2) is 5.44. The second-order valence-electron chi connectivity index (χ2n) is 4.16. The largest absolute Gasteiger partial charge is 0.468 e. The van der Waals surface area contributed by atoms with Crippen LogP contribution in [0.25, 0.3) is 0 Å². The molecule has 0 aliphatic rings. The van der Waals surface area contributed by atoms with E-state index in [4.69, 9.17) is 10.5 Å². The van der Waals surface area contributed by atoms with Crippen molar-refractivity contribution in [3.05, 3.63) is 50.3 Å². The van der Waals surface area contributed by atoms with Crippen molar-refractivity contribution in [2.75, 3.05) is 12.8 Å². The third-order valence-electron chi connectivity index (χ3n) is 2.68. The van der Waals surface area contributed by atoms with Crippen LogP contribution in [0.15, 0.2) is 33.5 Å². The van der Waals surface area contributed by atoms with Crippen molar-refractivity contribution >= 4 is 21.6 Å². The number of methoxy groups -OCH3 is 1. The SMILES string of the molecule is COc1nc(C)cc(=O)n1Cc1ccc(Br)c(N)c1. The number of anilines is 1. The first kappa shape index (κ1) is 13.6. The molecule has 1 aromatic heterocycles. The van der Waals surface area contributed by atoms with Gasteiger partial charge in [0.2, 0.25) is 0 Å². The molecule has 0 fully saturated rings. The average Bonchev–Trinajstić information content (AvgIpc) is 2.36. The van der Waals surface area contributed by atoms with Crippen LogP contribution in [0.2, 0.25) is 0 Å². The van der Waals surface area contributed by atoms with Gasteiger partial charge in [0.15, 0.2) is 0 Å². The van der Waals surface area contributed by atoms with Gasteiger partial charge in [0, 0.05) is 21.9 Å². The highest BCUT2D eigenvalue weighted by molar-refractivity contribution is 9.10. The number of hydrogen-bond acceptors (Lipinski definition) is 4. The van der Waals surface area contributed by atoms with E-state index in [2.05, 4.69) is 20.9 Å². The quantitative estimate of drug-likeness (QED) is 0.876. The van der Waals surface area contributed by atoms with E-state index in [9.17, 15) is 4.79 Å². The molecule has 0 atom stereocenters. The summed E-state index contributed by atoms with van der Waals surface area (Å²) in [5.74, 6) is 0. The first-order valence-electron chi connectivity index (χ1n) is 5.67. The Bertz CT molecular complexity index is 667. The van der Waals surface area contributed by atoms with Crippen molar-refractivity contribution in [2.45, 2.75) is 13.5 Å². The highest BCUT2D eigenvalue weighted by Crippen LogP contribution is 2.21. The monoisotopic (exact) mass is 323 g/mol. The van der Waals surface area contributed by atoms with E-state index in [0.717, 1.165) is 10.0 Å². The van der Waals surface area contributed by atoms with Gasteiger partial charge in [-0.15, -0.1) is 0 Å². The summed E-state index contributed by atoms with van der Waals surface area (Å²) in [6.45, 7) is 2.12. The minimum atomic E-state index is -0.147. The molecule has 6 heteroatoms. The minimum absolute atomic E-state index is 0.147. The molecule has 0 unspecified atom stereocenters. The van der Waals surface area contributed by atoms with Gasteiger partial charge >= 0.3 is 0 Å². The number of nitrogen functional groups attached to an aromatic ring is 1. The van der Waals surface area contributed by atoms with Crippen molar-refractivity contribution in [3.8, 4) is 6.01 Å². The summed E-state index contributed by atoms with van der Waals surface area (Å²) >= 11 is 3.34. The van der Waals surface area contributed by atoms with Crippen LogP contribution in [0.3, 0.4) is 0 Å². The number of aryl methyl sites for hydroxylation is 1. The Hall–Kier alpha value is -1.82. The Morgan fingerprint density at radius 1 is 1.42 bits per heavy atom. The number of halogens is 1. The van der Waals surface area contributed by atoms with Crippen molar-refractivity contribution in [3.63, 3.8) is 0 Å². The third kappa shape index (κ3) is 2.96. The third-order valence-corrected chi connectivity index (χ3v) is 3.41. The standard InChI is InChI=1S/C13H14BrN3O2/c1-8-5-12(18)17(13(16-8)19-2)7-9-3-4-10(14)11(15)6-9/h3-6H,7,15H2,1-2H3. The fourth-order valence-electron chi connectivity index (χ4n) is 1.77. The molecular formula is C13H14BrN3O2. The summed E-state index contributed by atoms with van der Waals surface area (Å²) in [6, 6.07) is 7.34. The zero-order valence-corrected chi connectivity index (χ0v) is 12.3. The van der Waals surface area contributed by atoms with Crippen LogP contribution in [0.4, 0.5) is 5.69 Å². The molecule has 0 aliphatic carbocycles. The first-order chi connectivity index (χ1) is 9.01. The Labute approximate surface area is 119 Å². The molecule has 1 aromatic carbocycles. The fourth-order valence-corrected chi connectivity index (χ4v) is 2.02. The maximum atomic E-state index is 12.0. The Kier molecular flexibility index (Phi) is 3.90. The van der Waals surface area contributed by atoms with Gasteiger partial charge in [-0.3, -0.25) is 9.36 Å². The van der Waals surface area contributed by atoms with Gasteiger partial charge in [-0.25, -0.2) is 4.98 Å². The average molecular weight is 324 g/mol. The molecule has 0 aliphatic heterocycles. The van der Waals surface area contributed by atoms with Gasteiger partial charge in [-0.05, 0) is 40.5 Å². The topological polar surface area (TPSA) is 70.1 Å². The summed E-state index contributed by atoms with van der Waals surface area (Å²) in [5, 5.41) is 0. The number of hydrogen-bond donors (Lipinski definition) is 1. The predicted molar refractivity (Wildman–Crippen MR) is 77.4 cm³/mol. The Morgan fingerprint density at radius 2 is 2.16 bits per heavy atom. The summed E-state index contributed by atoms with van der Waals surface area (Å²) in [7, 11) is 1.49. The van der Waals surface area contributed by atoms with Gasteiger partial charge < -0.3 is 10.5 Å². The molecule has 0 radical (unpaired) electrons. The van der Waals surface area contributed by atoms with E-state index in [1.165, 1.54) is 17.7 Å². The van der Waals surface area contributed by atoms with Gasteiger partial charge in [0.05, 0.1) is 13.7 Å². The van der Waals surface area contributed by atoms with Crippen LogP contribution in [-0.2, 0) is 6.54 Å². The summed E-state index contributed by atoms with van der Waals surface area (Å²) in [4.78, 5) is 16.2. The molecule has 19 heavy (non-hydrogen) atoms. The van der Waals surface area contributed by atoms with Crippen LogP contribution in [-0.4, -0.2) is 16.7 Å². The van der Waals surface area contributed by atoms with Gasteiger partial charge in [-0.2, -0.15) is 0 Å². The molecule has 0 amide bonds. The molecule has 2 rings (SSSR count). The van der Waals surface area contributed by atoms with E-state index < -0.39 is 0 Å². The van der Waals surface area contributed by atoms with Crippen LogP contribution in [0.5, 0.6) is 6.01 Å². The van der Waals surface area contributed by atoms with E-state index in [1.807, 2.05) is 18.2 Å². The molecule has 2 aromatic rings. The number of ether oxygens (including phenoxy) is 1. The van der Waals surface area contributed by atoms with Gasteiger partial charge in [0.25, 0.3) is 11.6 Å². The molecule has 2 N–H and O–H groups in total. The van der Waals surface area contributed by atoms with Crippen molar-refractivity contribution in [1.82, 2.24) is 9.55 Å². The lowest BCUT2D eigenvalue weighted by Gasteiger charge is -2.11. The number of nitrogens with two attached hydrogens (primary N) is 1. The van der Waals surface area contributed by atoms with Gasteiger partial charge in [0.1, 0.15) is 0 Å². The Balaban J connectivity index is 2.43. The predicted octanol–water partition coefficient (Wildman–Crippen LogP) is 1.95. The van der Waals surface area contributed by atoms with Crippen LogP contribution < -0.4 is 16.0 Å². The molecule has 100 valence electrons. The summed E-state index contributed by atoms with van der Waals surface area (Å²) in [5.41, 5.74) is 7.85. The number of nitrogens with zero attached hydrogens (tertiary/aromatic N) is 2. The second-order valence-corrected chi connectivity index (χ2v) is 5.02. The zero-order chi connectivity index (χ0) is 14.0. The number of aromatic nitrogens is 2. The molecular weight excluding hydrogens is 310 g/mol. The minimum Gasteiger partial charge on any atom is -0.468 e. The number of rotatable bonds is 3. The summed E-state index contributed by atoms with van der Waals surface area (Å²) < 4.78 is 7.44. The molecule has 0 saturated heterocycles. The van der Waals surface area contributed by atoms with Gasteiger partial charge in [-0.1, -0.05) is 6.07 Å². The molecule has 0 saturated carbocycles. The maximum absolute atomic E-state index is 12.0. The van der Waals surface area contributed by atoms with E-state index >= 15 is 0 Å². The zero-order valence-electron chi connectivity index (χ0n) is 10.7. The lowest BCUT2D eigenvalue weighted by atomic mass is 10.2. The highest BCUT2D eigenvalue weighted by atomic mass is 79.9. The normalized spacial score (nSPS) is 10.5. The maximum Gasteiger partial charge on any atom is 0.299 e. The van der Waals surface area contributed by atoms with Crippen LogP contribution in [0.1, 0.15) is 11.3 Å². The van der Waals surface area contributed by atoms with E-state index in [1.54, 1.807) is 6.92 Å². The molecule has 0 bridgehead atoms.